The minimum Gasteiger partial charge on any atom is -0.389 e. The molecule has 2 heteroatoms. The van der Waals surface area contributed by atoms with Crippen molar-refractivity contribution in [3.05, 3.63) is 34.4 Å². The van der Waals surface area contributed by atoms with Gasteiger partial charge in [-0.25, -0.2) is 0 Å². The number of aliphatic hydroxyl groups is 1. The van der Waals surface area contributed by atoms with E-state index >= 15 is 0 Å². The van der Waals surface area contributed by atoms with Crippen LogP contribution in [-0.2, 0) is 11.2 Å². The quantitative estimate of drug-likeness (QED) is 0.891. The molecule has 1 aliphatic rings. The molecule has 0 saturated carbocycles. The van der Waals surface area contributed by atoms with Gasteiger partial charge in [0.15, 0.2) is 0 Å². The fourth-order valence-electron chi connectivity index (χ4n) is 3.02. The average molecular weight is 248 g/mol. The van der Waals surface area contributed by atoms with Crippen LogP contribution in [-0.4, -0.2) is 23.9 Å². The van der Waals surface area contributed by atoms with Gasteiger partial charge in [-0.15, -0.1) is 0 Å². The highest BCUT2D eigenvalue weighted by Crippen LogP contribution is 2.31. The molecule has 1 saturated heterocycles. The summed E-state index contributed by atoms with van der Waals surface area (Å²) in [5.41, 5.74) is 4.48. The van der Waals surface area contributed by atoms with Gasteiger partial charge in [-0.1, -0.05) is 17.7 Å². The minimum atomic E-state index is -0.665. The Morgan fingerprint density at radius 1 is 1.28 bits per heavy atom. The summed E-state index contributed by atoms with van der Waals surface area (Å²) in [4.78, 5) is 0. The SMILES string of the molecule is Cc1cc(C)c(CC(C)(O)C2CCOC2)c(C)c1. The van der Waals surface area contributed by atoms with Crippen molar-refractivity contribution in [3.8, 4) is 0 Å². The molecular formula is C16H24O2. The van der Waals surface area contributed by atoms with Crippen molar-refractivity contribution in [2.45, 2.75) is 46.1 Å². The Morgan fingerprint density at radius 3 is 2.39 bits per heavy atom. The van der Waals surface area contributed by atoms with Crippen LogP contribution in [0.2, 0.25) is 0 Å². The number of rotatable bonds is 3. The van der Waals surface area contributed by atoms with E-state index in [9.17, 15) is 5.11 Å². The van der Waals surface area contributed by atoms with E-state index in [1.54, 1.807) is 0 Å². The summed E-state index contributed by atoms with van der Waals surface area (Å²) in [7, 11) is 0. The molecule has 0 aliphatic carbocycles. The molecule has 2 atom stereocenters. The van der Waals surface area contributed by atoms with E-state index in [1.165, 1.54) is 22.3 Å². The monoisotopic (exact) mass is 248 g/mol. The summed E-state index contributed by atoms with van der Waals surface area (Å²) in [6.45, 7) is 9.81. The molecule has 0 aromatic heterocycles. The molecule has 1 aromatic rings. The summed E-state index contributed by atoms with van der Waals surface area (Å²) in [5.74, 6) is 0.262. The smallest absolute Gasteiger partial charge is 0.0710 e. The first-order chi connectivity index (χ1) is 8.40. The zero-order valence-corrected chi connectivity index (χ0v) is 11.9. The Hall–Kier alpha value is -0.860. The van der Waals surface area contributed by atoms with Crippen molar-refractivity contribution in [1.82, 2.24) is 0 Å². The van der Waals surface area contributed by atoms with Crippen LogP contribution in [0.4, 0.5) is 0 Å². The molecule has 0 bridgehead atoms. The largest absolute Gasteiger partial charge is 0.389 e. The minimum absolute atomic E-state index is 0.262. The van der Waals surface area contributed by atoms with E-state index in [0.717, 1.165) is 19.4 Å². The van der Waals surface area contributed by atoms with Crippen LogP contribution in [0.3, 0.4) is 0 Å². The van der Waals surface area contributed by atoms with Crippen LogP contribution < -0.4 is 0 Å². The Morgan fingerprint density at radius 2 is 1.89 bits per heavy atom. The number of hydrogen-bond donors (Lipinski definition) is 1. The maximum absolute atomic E-state index is 10.7. The van der Waals surface area contributed by atoms with Crippen LogP contribution in [0, 0.1) is 26.7 Å². The normalized spacial score (nSPS) is 23.1. The molecule has 1 aromatic carbocycles. The van der Waals surface area contributed by atoms with Gasteiger partial charge in [-0.05, 0) is 50.8 Å². The number of benzene rings is 1. The third kappa shape index (κ3) is 2.76. The Kier molecular flexibility index (Phi) is 3.79. The lowest BCUT2D eigenvalue weighted by molar-refractivity contribution is -0.00478. The van der Waals surface area contributed by atoms with Crippen LogP contribution in [0.1, 0.15) is 35.6 Å². The van der Waals surface area contributed by atoms with Crippen molar-refractivity contribution in [3.63, 3.8) is 0 Å². The summed E-state index contributed by atoms with van der Waals surface area (Å²) >= 11 is 0. The molecule has 0 spiro atoms. The molecule has 1 aliphatic heterocycles. The first-order valence-electron chi connectivity index (χ1n) is 6.77. The van der Waals surface area contributed by atoms with E-state index in [4.69, 9.17) is 4.74 Å². The van der Waals surface area contributed by atoms with E-state index < -0.39 is 5.60 Å². The van der Waals surface area contributed by atoms with Crippen LogP contribution in [0.5, 0.6) is 0 Å². The van der Waals surface area contributed by atoms with E-state index in [-0.39, 0.29) is 5.92 Å². The van der Waals surface area contributed by atoms with Crippen molar-refractivity contribution in [2.24, 2.45) is 5.92 Å². The van der Waals surface area contributed by atoms with Gasteiger partial charge >= 0.3 is 0 Å². The van der Waals surface area contributed by atoms with Crippen molar-refractivity contribution < 1.29 is 9.84 Å². The fraction of sp³-hybridized carbons (Fsp3) is 0.625. The Bertz CT molecular complexity index is 406. The third-order valence-electron chi connectivity index (χ3n) is 4.18. The average Bonchev–Trinajstić information content (AvgIpc) is 2.77. The zero-order chi connectivity index (χ0) is 13.3. The fourth-order valence-corrected chi connectivity index (χ4v) is 3.02. The molecule has 100 valence electrons. The lowest BCUT2D eigenvalue weighted by Crippen LogP contribution is -2.37. The second-order valence-electron chi connectivity index (χ2n) is 5.97. The lowest BCUT2D eigenvalue weighted by atomic mass is 9.81. The molecule has 0 radical (unpaired) electrons. The first kappa shape index (κ1) is 13.6. The zero-order valence-electron chi connectivity index (χ0n) is 11.9. The van der Waals surface area contributed by atoms with Crippen molar-refractivity contribution in [1.29, 1.82) is 0 Å². The highest BCUT2D eigenvalue weighted by atomic mass is 16.5. The number of aryl methyl sites for hydroxylation is 3. The second kappa shape index (κ2) is 5.02. The lowest BCUT2D eigenvalue weighted by Gasteiger charge is -2.30. The predicted molar refractivity (Wildman–Crippen MR) is 73.9 cm³/mol. The maximum Gasteiger partial charge on any atom is 0.0710 e. The summed E-state index contributed by atoms with van der Waals surface area (Å²) in [5, 5.41) is 10.7. The van der Waals surface area contributed by atoms with Gasteiger partial charge in [0.2, 0.25) is 0 Å². The van der Waals surface area contributed by atoms with Crippen LogP contribution in [0.15, 0.2) is 12.1 Å². The highest BCUT2D eigenvalue weighted by molar-refractivity contribution is 5.38. The summed E-state index contributed by atoms with van der Waals surface area (Å²) in [6.07, 6.45) is 1.69. The van der Waals surface area contributed by atoms with E-state index in [0.29, 0.717) is 6.61 Å². The Balaban J connectivity index is 2.22. The molecule has 18 heavy (non-hydrogen) atoms. The summed E-state index contributed by atoms with van der Waals surface area (Å²) < 4.78 is 5.40. The molecule has 1 N–H and O–H groups in total. The predicted octanol–water partition coefficient (Wildman–Crippen LogP) is 2.94. The van der Waals surface area contributed by atoms with E-state index in [1.807, 2.05) is 6.92 Å². The van der Waals surface area contributed by atoms with Gasteiger partial charge in [0.1, 0.15) is 0 Å². The number of ether oxygens (including phenoxy) is 1. The maximum atomic E-state index is 10.7. The summed E-state index contributed by atoms with van der Waals surface area (Å²) in [6, 6.07) is 4.40. The van der Waals surface area contributed by atoms with Gasteiger partial charge in [-0.3, -0.25) is 0 Å². The Labute approximate surface area is 110 Å². The van der Waals surface area contributed by atoms with Crippen LogP contribution in [0.25, 0.3) is 0 Å². The van der Waals surface area contributed by atoms with Crippen LogP contribution >= 0.6 is 0 Å². The highest BCUT2D eigenvalue weighted by Gasteiger charge is 2.35. The van der Waals surface area contributed by atoms with E-state index in [2.05, 4.69) is 32.9 Å². The van der Waals surface area contributed by atoms with Gasteiger partial charge in [-0.2, -0.15) is 0 Å². The van der Waals surface area contributed by atoms with Gasteiger partial charge in [0.05, 0.1) is 12.2 Å². The molecular weight excluding hydrogens is 224 g/mol. The standard InChI is InChI=1S/C16H24O2/c1-11-7-12(2)15(13(3)8-11)9-16(4,17)14-5-6-18-10-14/h7-8,14,17H,5-6,9-10H2,1-4H3. The van der Waals surface area contributed by atoms with Gasteiger partial charge in [0, 0.05) is 18.9 Å². The topological polar surface area (TPSA) is 29.5 Å². The molecule has 1 fully saturated rings. The molecule has 2 unspecified atom stereocenters. The second-order valence-corrected chi connectivity index (χ2v) is 5.97. The molecule has 0 amide bonds. The third-order valence-corrected chi connectivity index (χ3v) is 4.18. The first-order valence-corrected chi connectivity index (χ1v) is 6.77. The molecule has 1 heterocycles. The van der Waals surface area contributed by atoms with Crippen molar-refractivity contribution in [2.75, 3.05) is 13.2 Å². The van der Waals surface area contributed by atoms with Crippen molar-refractivity contribution >= 4 is 0 Å². The number of hydrogen-bond acceptors (Lipinski definition) is 2. The molecule has 2 rings (SSSR count). The molecule has 2 nitrogen and oxygen atoms in total. The van der Waals surface area contributed by atoms with Gasteiger partial charge < -0.3 is 9.84 Å². The van der Waals surface area contributed by atoms with Gasteiger partial charge in [0.25, 0.3) is 0 Å².